The van der Waals surface area contributed by atoms with Crippen molar-refractivity contribution in [3.63, 3.8) is 0 Å². The summed E-state index contributed by atoms with van der Waals surface area (Å²) in [6.07, 6.45) is 5.75. The number of hydrogen-bond donors (Lipinski definition) is 0. The number of hydrogen-bond acceptors (Lipinski definition) is 3. The molecule has 0 saturated carbocycles. The van der Waals surface area contributed by atoms with Gasteiger partial charge in [0.25, 0.3) is 0 Å². The normalized spacial score (nSPS) is 17.2. The molecule has 0 aromatic heterocycles. The molecule has 1 aromatic rings. The number of carbonyl (C=O) groups is 1. The monoisotopic (exact) mass is 372 g/mol. The zero-order valence-corrected chi connectivity index (χ0v) is 15.8. The molecule has 0 N–H and O–H groups in total. The maximum Gasteiger partial charge on any atom is 0.246 e. The van der Waals surface area contributed by atoms with E-state index in [-0.39, 0.29) is 5.91 Å². The summed E-state index contributed by atoms with van der Waals surface area (Å²) in [5, 5.41) is 0.527. The van der Waals surface area contributed by atoms with E-state index in [1.54, 1.807) is 24.3 Å². The Hall–Kier alpha value is -1.27. The molecule has 0 bridgehead atoms. The van der Waals surface area contributed by atoms with Gasteiger partial charge in [0.2, 0.25) is 15.9 Å². The van der Waals surface area contributed by atoms with Crippen LogP contribution in [-0.4, -0.2) is 44.6 Å². The molecule has 1 fully saturated rings. The number of rotatable bonds is 5. The molecule has 1 atom stereocenters. The minimum atomic E-state index is -3.59. The van der Waals surface area contributed by atoms with Crippen LogP contribution in [0.4, 0.5) is 5.69 Å². The Labute approximate surface area is 149 Å². The van der Waals surface area contributed by atoms with Crippen LogP contribution in [0.15, 0.2) is 24.3 Å². The van der Waals surface area contributed by atoms with Crippen molar-refractivity contribution in [2.75, 3.05) is 23.7 Å². The molecule has 1 aromatic carbocycles. The van der Waals surface area contributed by atoms with E-state index in [9.17, 15) is 13.2 Å². The average Bonchev–Trinajstić information content (AvgIpc) is 2.81. The van der Waals surface area contributed by atoms with Crippen LogP contribution in [0.3, 0.4) is 0 Å². The van der Waals surface area contributed by atoms with Gasteiger partial charge in [-0.2, -0.15) is 0 Å². The highest BCUT2D eigenvalue weighted by Gasteiger charge is 2.34. The predicted molar refractivity (Wildman–Crippen MR) is 97.9 cm³/mol. The van der Waals surface area contributed by atoms with E-state index < -0.39 is 16.1 Å². The summed E-state index contributed by atoms with van der Waals surface area (Å²) in [5.41, 5.74) is 0.469. The number of amides is 1. The van der Waals surface area contributed by atoms with Crippen LogP contribution in [0, 0.1) is 0 Å². The number of likely N-dealkylation sites (tertiary alicyclic amines) is 1. The fourth-order valence-electron chi connectivity index (χ4n) is 3.13. The molecule has 0 aliphatic carbocycles. The summed E-state index contributed by atoms with van der Waals surface area (Å²) in [4.78, 5) is 14.8. The predicted octanol–water partition coefficient (Wildman–Crippen LogP) is 3.29. The second-order valence-corrected chi connectivity index (χ2v) is 8.49. The highest BCUT2D eigenvalue weighted by atomic mass is 35.5. The Morgan fingerprint density at radius 2 is 1.71 bits per heavy atom. The van der Waals surface area contributed by atoms with Gasteiger partial charge in [-0.3, -0.25) is 9.10 Å². The number of nitrogens with zero attached hydrogens (tertiary/aromatic N) is 2. The quantitative estimate of drug-likeness (QED) is 0.796. The molecule has 1 amide bonds. The highest BCUT2D eigenvalue weighted by molar-refractivity contribution is 7.92. The number of halogens is 1. The van der Waals surface area contributed by atoms with E-state index >= 15 is 0 Å². The van der Waals surface area contributed by atoms with E-state index in [1.165, 1.54) is 4.31 Å². The summed E-state index contributed by atoms with van der Waals surface area (Å²) in [6.45, 7) is 3.25. The van der Waals surface area contributed by atoms with Gasteiger partial charge in [-0.1, -0.05) is 31.4 Å². The van der Waals surface area contributed by atoms with Gasteiger partial charge in [0.1, 0.15) is 6.04 Å². The molecular weight excluding hydrogens is 348 g/mol. The number of sulfonamides is 1. The van der Waals surface area contributed by atoms with Crippen molar-refractivity contribution in [2.45, 2.75) is 45.1 Å². The van der Waals surface area contributed by atoms with Crippen LogP contribution in [0.2, 0.25) is 5.02 Å². The molecule has 0 unspecified atom stereocenters. The fraction of sp³-hybridized carbons (Fsp3) is 0.588. The van der Waals surface area contributed by atoms with Crippen LogP contribution >= 0.6 is 11.6 Å². The number of carbonyl (C=O) groups excluding carboxylic acids is 1. The van der Waals surface area contributed by atoms with E-state index in [2.05, 4.69) is 0 Å². The van der Waals surface area contributed by atoms with E-state index in [1.807, 2.05) is 11.8 Å². The van der Waals surface area contributed by atoms with Crippen LogP contribution < -0.4 is 4.31 Å². The van der Waals surface area contributed by atoms with Crippen molar-refractivity contribution in [2.24, 2.45) is 0 Å². The van der Waals surface area contributed by atoms with Crippen molar-refractivity contribution in [1.82, 2.24) is 4.90 Å². The Morgan fingerprint density at radius 1 is 1.17 bits per heavy atom. The zero-order valence-electron chi connectivity index (χ0n) is 14.2. The average molecular weight is 373 g/mol. The maximum atomic E-state index is 13.0. The first-order valence-electron chi connectivity index (χ1n) is 8.38. The lowest BCUT2D eigenvalue weighted by Crippen LogP contribution is -2.51. The van der Waals surface area contributed by atoms with Gasteiger partial charge in [0.15, 0.2) is 0 Å². The van der Waals surface area contributed by atoms with Crippen LogP contribution in [0.25, 0.3) is 0 Å². The van der Waals surface area contributed by atoms with Crippen LogP contribution in [0.1, 0.15) is 39.0 Å². The van der Waals surface area contributed by atoms with Gasteiger partial charge >= 0.3 is 0 Å². The summed E-state index contributed by atoms with van der Waals surface area (Å²) in [7, 11) is -3.59. The van der Waals surface area contributed by atoms with Crippen LogP contribution in [-0.2, 0) is 14.8 Å². The van der Waals surface area contributed by atoms with Crippen LogP contribution in [0.5, 0.6) is 0 Å². The third-order valence-corrected chi connectivity index (χ3v) is 5.74. The number of anilines is 1. The molecule has 0 radical (unpaired) electrons. The van der Waals surface area contributed by atoms with E-state index in [0.29, 0.717) is 30.2 Å². The summed E-state index contributed by atoms with van der Waals surface area (Å²) in [6, 6.07) is 5.83. The second kappa shape index (κ2) is 8.21. The molecule has 24 heavy (non-hydrogen) atoms. The van der Waals surface area contributed by atoms with Crippen molar-refractivity contribution in [3.8, 4) is 0 Å². The molecule has 7 heteroatoms. The summed E-state index contributed by atoms with van der Waals surface area (Å²) in [5.74, 6) is -0.111. The van der Waals surface area contributed by atoms with Gasteiger partial charge in [0.05, 0.1) is 11.9 Å². The first kappa shape index (κ1) is 19.1. The molecular formula is C17H25ClN2O3S. The van der Waals surface area contributed by atoms with E-state index in [4.69, 9.17) is 11.6 Å². The molecule has 2 rings (SSSR count). The topological polar surface area (TPSA) is 57.7 Å². The van der Waals surface area contributed by atoms with Crippen molar-refractivity contribution in [1.29, 1.82) is 0 Å². The molecule has 5 nitrogen and oxygen atoms in total. The first-order chi connectivity index (χ1) is 11.3. The molecule has 1 heterocycles. The Balaban J connectivity index is 2.34. The SMILES string of the molecule is CC[C@H](C(=O)N1CCCCCC1)N(c1ccc(Cl)cc1)S(C)(=O)=O. The third kappa shape index (κ3) is 4.63. The molecule has 1 aliphatic rings. The smallest absolute Gasteiger partial charge is 0.246 e. The minimum Gasteiger partial charge on any atom is -0.341 e. The summed E-state index contributed by atoms with van der Waals surface area (Å²) < 4.78 is 26.0. The lowest BCUT2D eigenvalue weighted by atomic mass is 10.1. The fourth-order valence-corrected chi connectivity index (χ4v) is 4.47. The van der Waals surface area contributed by atoms with Crippen molar-refractivity contribution in [3.05, 3.63) is 29.3 Å². The van der Waals surface area contributed by atoms with E-state index in [0.717, 1.165) is 31.9 Å². The molecule has 134 valence electrons. The van der Waals surface area contributed by atoms with Gasteiger partial charge in [-0.15, -0.1) is 0 Å². The van der Waals surface area contributed by atoms with Gasteiger partial charge in [0, 0.05) is 18.1 Å². The van der Waals surface area contributed by atoms with Crippen molar-refractivity contribution >= 4 is 33.2 Å². The highest BCUT2D eigenvalue weighted by Crippen LogP contribution is 2.25. The number of benzene rings is 1. The molecule has 1 aliphatic heterocycles. The van der Waals surface area contributed by atoms with Crippen molar-refractivity contribution < 1.29 is 13.2 Å². The first-order valence-corrected chi connectivity index (χ1v) is 10.6. The standard InChI is InChI=1S/C17H25ClN2O3S/c1-3-16(17(21)19-12-6-4-5-7-13-19)20(24(2,22)23)15-10-8-14(18)9-11-15/h8-11,16H,3-7,12-13H2,1-2H3/t16-/m1/s1. The second-order valence-electron chi connectivity index (χ2n) is 6.20. The third-order valence-electron chi connectivity index (χ3n) is 4.31. The Bertz CT molecular complexity index is 653. The molecule has 1 saturated heterocycles. The lowest BCUT2D eigenvalue weighted by molar-refractivity contribution is -0.132. The van der Waals surface area contributed by atoms with Gasteiger partial charge in [-0.05, 0) is 43.5 Å². The van der Waals surface area contributed by atoms with Gasteiger partial charge in [-0.25, -0.2) is 8.42 Å². The minimum absolute atomic E-state index is 0.111. The largest absolute Gasteiger partial charge is 0.341 e. The summed E-state index contributed by atoms with van der Waals surface area (Å²) >= 11 is 5.90. The lowest BCUT2D eigenvalue weighted by Gasteiger charge is -2.33. The Kier molecular flexibility index (Phi) is 6.52. The van der Waals surface area contributed by atoms with Gasteiger partial charge < -0.3 is 4.90 Å². The maximum absolute atomic E-state index is 13.0. The zero-order chi connectivity index (χ0) is 17.7. The Morgan fingerprint density at radius 3 is 2.17 bits per heavy atom. The molecule has 0 spiro atoms.